The molecule has 0 aliphatic carbocycles. The molecule has 0 aliphatic rings. The van der Waals surface area contributed by atoms with Gasteiger partial charge in [-0.3, -0.25) is 9.59 Å². The van der Waals surface area contributed by atoms with Gasteiger partial charge in [0, 0.05) is 15.7 Å². The minimum absolute atomic E-state index is 0.0208. The molecule has 0 spiro atoms. The number of esters is 1. The van der Waals surface area contributed by atoms with E-state index in [4.69, 9.17) is 27.9 Å². The average Bonchev–Trinajstić information content (AvgIpc) is 2.50. The molecule has 0 saturated heterocycles. The van der Waals surface area contributed by atoms with Gasteiger partial charge in [0.25, 0.3) is 5.91 Å². The van der Waals surface area contributed by atoms with Crippen LogP contribution in [-0.2, 0) is 20.7 Å². The summed E-state index contributed by atoms with van der Waals surface area (Å²) in [7, 11) is 0. The minimum Gasteiger partial charge on any atom is -0.455 e. The fraction of sp³-hybridized carbons (Fsp3) is 0.176. The smallest absolute Gasteiger partial charge is 0.310 e. The number of ether oxygens (including phenoxy) is 1. The summed E-state index contributed by atoms with van der Waals surface area (Å²) >= 11 is 11.8. The third kappa shape index (κ3) is 5.27. The van der Waals surface area contributed by atoms with Crippen molar-refractivity contribution in [3.05, 3.63) is 63.6 Å². The Morgan fingerprint density at radius 2 is 1.87 bits per heavy atom. The summed E-state index contributed by atoms with van der Waals surface area (Å²) in [5.74, 6) is -0.927. The standard InChI is InChI=1S/C17H15Cl2NO3/c1-11-8-13(18)6-7-15(11)20-16(21)10-23-17(22)9-12-4-2-3-5-14(12)19/h2-8H,9-10H2,1H3,(H,20,21). The van der Waals surface area contributed by atoms with Gasteiger partial charge in [0.2, 0.25) is 0 Å². The van der Waals surface area contributed by atoms with Crippen molar-refractivity contribution in [1.82, 2.24) is 0 Å². The van der Waals surface area contributed by atoms with Crippen molar-refractivity contribution < 1.29 is 14.3 Å². The number of halogens is 2. The molecule has 1 amide bonds. The van der Waals surface area contributed by atoms with E-state index in [0.29, 0.717) is 21.3 Å². The zero-order valence-corrected chi connectivity index (χ0v) is 13.9. The number of anilines is 1. The molecular weight excluding hydrogens is 337 g/mol. The lowest BCUT2D eigenvalue weighted by Crippen LogP contribution is -2.22. The Morgan fingerprint density at radius 3 is 2.57 bits per heavy atom. The summed E-state index contributed by atoms with van der Waals surface area (Å²) in [6, 6.07) is 12.1. The molecule has 120 valence electrons. The van der Waals surface area contributed by atoms with Crippen molar-refractivity contribution >= 4 is 40.8 Å². The molecule has 0 bridgehead atoms. The number of amides is 1. The van der Waals surface area contributed by atoms with Crippen LogP contribution < -0.4 is 5.32 Å². The molecule has 0 saturated carbocycles. The van der Waals surface area contributed by atoms with Gasteiger partial charge in [-0.25, -0.2) is 0 Å². The van der Waals surface area contributed by atoms with E-state index in [1.54, 1.807) is 42.5 Å². The Kier molecular flexibility index (Phi) is 6.02. The van der Waals surface area contributed by atoms with E-state index in [0.717, 1.165) is 5.56 Å². The fourth-order valence-corrected chi connectivity index (χ4v) is 2.38. The Labute approximate surface area is 144 Å². The van der Waals surface area contributed by atoms with Gasteiger partial charge in [0.1, 0.15) is 0 Å². The summed E-state index contributed by atoms with van der Waals surface area (Å²) < 4.78 is 4.96. The van der Waals surface area contributed by atoms with Crippen LogP contribution in [0.1, 0.15) is 11.1 Å². The maximum absolute atomic E-state index is 11.8. The van der Waals surface area contributed by atoms with Crippen molar-refractivity contribution in [3.8, 4) is 0 Å². The number of aryl methyl sites for hydroxylation is 1. The van der Waals surface area contributed by atoms with E-state index in [2.05, 4.69) is 5.32 Å². The predicted octanol–water partition coefficient (Wildman–Crippen LogP) is 4.03. The first-order valence-corrected chi connectivity index (χ1v) is 7.66. The van der Waals surface area contributed by atoms with Crippen LogP contribution in [0.2, 0.25) is 10.0 Å². The van der Waals surface area contributed by atoms with Crippen molar-refractivity contribution in [3.63, 3.8) is 0 Å². The van der Waals surface area contributed by atoms with E-state index in [9.17, 15) is 9.59 Å². The van der Waals surface area contributed by atoms with Gasteiger partial charge in [0.05, 0.1) is 6.42 Å². The van der Waals surface area contributed by atoms with Crippen LogP contribution in [0.25, 0.3) is 0 Å². The fourth-order valence-electron chi connectivity index (χ4n) is 1.95. The maximum Gasteiger partial charge on any atom is 0.310 e. The molecule has 1 N–H and O–H groups in total. The molecule has 0 atom stereocenters. The molecule has 2 aromatic carbocycles. The van der Waals surface area contributed by atoms with Crippen LogP contribution in [0.4, 0.5) is 5.69 Å². The second-order valence-electron chi connectivity index (χ2n) is 4.94. The second kappa shape index (κ2) is 7.99. The van der Waals surface area contributed by atoms with Gasteiger partial charge in [0.15, 0.2) is 6.61 Å². The normalized spacial score (nSPS) is 10.2. The lowest BCUT2D eigenvalue weighted by atomic mass is 10.1. The average molecular weight is 352 g/mol. The van der Waals surface area contributed by atoms with Gasteiger partial charge >= 0.3 is 5.97 Å². The topological polar surface area (TPSA) is 55.4 Å². The van der Waals surface area contributed by atoms with Crippen LogP contribution in [0.15, 0.2) is 42.5 Å². The Balaban J connectivity index is 1.84. The number of carbonyl (C=O) groups excluding carboxylic acids is 2. The summed E-state index contributed by atoms with van der Waals surface area (Å²) in [6.45, 7) is 1.47. The summed E-state index contributed by atoms with van der Waals surface area (Å²) in [5.41, 5.74) is 2.11. The molecule has 0 aliphatic heterocycles. The Bertz CT molecular complexity index is 732. The highest BCUT2D eigenvalue weighted by molar-refractivity contribution is 6.31. The molecule has 4 nitrogen and oxygen atoms in total. The summed E-state index contributed by atoms with van der Waals surface area (Å²) in [4.78, 5) is 23.6. The third-order valence-corrected chi connectivity index (χ3v) is 3.72. The summed E-state index contributed by atoms with van der Waals surface area (Å²) in [6.07, 6.45) is 0.0208. The van der Waals surface area contributed by atoms with E-state index >= 15 is 0 Å². The Morgan fingerprint density at radius 1 is 1.13 bits per heavy atom. The van der Waals surface area contributed by atoms with Crippen LogP contribution in [0.5, 0.6) is 0 Å². The molecule has 0 heterocycles. The highest BCUT2D eigenvalue weighted by Crippen LogP contribution is 2.19. The molecule has 0 radical (unpaired) electrons. The van der Waals surface area contributed by atoms with E-state index in [1.807, 2.05) is 6.92 Å². The third-order valence-electron chi connectivity index (χ3n) is 3.12. The first kappa shape index (κ1) is 17.3. The number of benzene rings is 2. The van der Waals surface area contributed by atoms with Crippen molar-refractivity contribution in [2.45, 2.75) is 13.3 Å². The monoisotopic (exact) mass is 351 g/mol. The van der Waals surface area contributed by atoms with Gasteiger partial charge in [-0.1, -0.05) is 41.4 Å². The lowest BCUT2D eigenvalue weighted by molar-refractivity contribution is -0.146. The van der Waals surface area contributed by atoms with Crippen molar-refractivity contribution in [1.29, 1.82) is 0 Å². The van der Waals surface area contributed by atoms with Crippen LogP contribution >= 0.6 is 23.2 Å². The van der Waals surface area contributed by atoms with Crippen LogP contribution in [0.3, 0.4) is 0 Å². The van der Waals surface area contributed by atoms with E-state index < -0.39 is 11.9 Å². The highest BCUT2D eigenvalue weighted by Gasteiger charge is 2.11. The first-order valence-electron chi connectivity index (χ1n) is 6.91. The van der Waals surface area contributed by atoms with E-state index in [-0.39, 0.29) is 13.0 Å². The minimum atomic E-state index is -0.513. The summed E-state index contributed by atoms with van der Waals surface area (Å²) in [5, 5.41) is 3.75. The number of nitrogens with one attached hydrogen (secondary N) is 1. The zero-order chi connectivity index (χ0) is 16.8. The molecule has 0 fully saturated rings. The van der Waals surface area contributed by atoms with Crippen molar-refractivity contribution in [2.24, 2.45) is 0 Å². The second-order valence-corrected chi connectivity index (χ2v) is 5.78. The van der Waals surface area contributed by atoms with Gasteiger partial charge in [-0.2, -0.15) is 0 Å². The number of carbonyl (C=O) groups is 2. The van der Waals surface area contributed by atoms with Gasteiger partial charge in [-0.15, -0.1) is 0 Å². The molecule has 23 heavy (non-hydrogen) atoms. The van der Waals surface area contributed by atoms with Crippen molar-refractivity contribution in [2.75, 3.05) is 11.9 Å². The Hall–Kier alpha value is -2.04. The molecule has 0 aromatic heterocycles. The number of rotatable bonds is 5. The maximum atomic E-state index is 11.8. The predicted molar refractivity (Wildman–Crippen MR) is 90.9 cm³/mol. The van der Waals surface area contributed by atoms with E-state index in [1.165, 1.54) is 0 Å². The lowest BCUT2D eigenvalue weighted by Gasteiger charge is -2.09. The largest absolute Gasteiger partial charge is 0.455 e. The molecular formula is C17H15Cl2NO3. The first-order chi connectivity index (χ1) is 11.0. The SMILES string of the molecule is Cc1cc(Cl)ccc1NC(=O)COC(=O)Cc1ccccc1Cl. The van der Waals surface area contributed by atoms with Crippen LogP contribution in [-0.4, -0.2) is 18.5 Å². The molecule has 6 heteroatoms. The molecule has 2 aromatic rings. The zero-order valence-electron chi connectivity index (χ0n) is 12.4. The van der Waals surface area contributed by atoms with Crippen LogP contribution in [0, 0.1) is 6.92 Å². The van der Waals surface area contributed by atoms with Gasteiger partial charge in [-0.05, 0) is 42.3 Å². The van der Waals surface area contributed by atoms with Gasteiger partial charge < -0.3 is 10.1 Å². The highest BCUT2D eigenvalue weighted by atomic mass is 35.5. The quantitative estimate of drug-likeness (QED) is 0.827. The number of hydrogen-bond donors (Lipinski definition) is 1. The molecule has 0 unspecified atom stereocenters. The molecule has 2 rings (SSSR count). The number of hydrogen-bond acceptors (Lipinski definition) is 3.